The third kappa shape index (κ3) is 3.77. The Kier molecular flexibility index (Phi) is 4.94. The highest BCUT2D eigenvalue weighted by Crippen LogP contribution is 2.26. The van der Waals surface area contributed by atoms with E-state index in [9.17, 15) is 8.78 Å². The van der Waals surface area contributed by atoms with Gasteiger partial charge in [0, 0.05) is 10.4 Å². The van der Waals surface area contributed by atoms with E-state index in [0.29, 0.717) is 22.3 Å². The minimum Gasteiger partial charge on any atom is -0.207 e. The van der Waals surface area contributed by atoms with E-state index in [4.69, 9.17) is 11.6 Å². The number of rotatable bonds is 4. The lowest BCUT2D eigenvalue weighted by molar-refractivity contribution is 0.577. The molecule has 0 saturated carbocycles. The first-order valence-corrected chi connectivity index (χ1v) is 7.35. The predicted molar refractivity (Wildman–Crippen MR) is 78.0 cm³/mol. The normalized spacial score (nSPS) is 12.4. The molecule has 0 aromatic heterocycles. The van der Waals surface area contributed by atoms with Gasteiger partial charge in [-0.2, -0.15) is 0 Å². The Morgan fingerprint density at radius 3 is 2.58 bits per heavy atom. The molecule has 0 aliphatic heterocycles. The molecule has 1 atom stereocenters. The molecule has 0 N–H and O–H groups in total. The smallest absolute Gasteiger partial charge is 0.126 e. The van der Waals surface area contributed by atoms with Crippen molar-refractivity contribution in [3.63, 3.8) is 0 Å². The van der Waals surface area contributed by atoms with Gasteiger partial charge in [0.15, 0.2) is 0 Å². The van der Waals surface area contributed by atoms with Gasteiger partial charge in [-0.05, 0) is 53.8 Å². The predicted octanol–water partition coefficient (Wildman–Crippen LogP) is 5.34. The molecule has 100 valence electrons. The first-order valence-electron chi connectivity index (χ1n) is 5.85. The fourth-order valence-electron chi connectivity index (χ4n) is 1.99. The van der Waals surface area contributed by atoms with Crippen molar-refractivity contribution in [2.24, 2.45) is 0 Å². The molecule has 2 aromatic carbocycles. The van der Waals surface area contributed by atoms with Gasteiger partial charge in [0.1, 0.15) is 11.6 Å². The second kappa shape index (κ2) is 6.49. The molecule has 4 heteroatoms. The Morgan fingerprint density at radius 1 is 1.11 bits per heavy atom. The molecule has 0 nitrogen and oxygen atoms in total. The summed E-state index contributed by atoms with van der Waals surface area (Å²) in [5, 5.41) is 1.30. The van der Waals surface area contributed by atoms with Gasteiger partial charge >= 0.3 is 0 Å². The highest BCUT2D eigenvalue weighted by atomic mass is 79.9. The Labute approximate surface area is 124 Å². The highest BCUT2D eigenvalue weighted by Gasteiger charge is 2.14. The molecule has 0 spiro atoms. The molecular formula is C15H12BrClF2. The van der Waals surface area contributed by atoms with Gasteiger partial charge in [-0.3, -0.25) is 0 Å². The minimum atomic E-state index is -0.421. The van der Waals surface area contributed by atoms with Crippen LogP contribution in [0.15, 0.2) is 42.5 Å². The van der Waals surface area contributed by atoms with E-state index < -0.39 is 5.82 Å². The Morgan fingerprint density at radius 2 is 1.89 bits per heavy atom. The molecule has 0 saturated heterocycles. The van der Waals surface area contributed by atoms with E-state index in [2.05, 4.69) is 15.9 Å². The average molecular weight is 346 g/mol. The van der Waals surface area contributed by atoms with Crippen molar-refractivity contribution in [3.05, 3.63) is 70.2 Å². The van der Waals surface area contributed by atoms with Crippen LogP contribution in [-0.4, -0.2) is 5.33 Å². The Balaban J connectivity index is 2.26. The maximum atomic E-state index is 13.7. The van der Waals surface area contributed by atoms with Crippen LogP contribution in [0.3, 0.4) is 0 Å². The van der Waals surface area contributed by atoms with Crippen molar-refractivity contribution in [2.45, 2.75) is 12.3 Å². The van der Waals surface area contributed by atoms with Crippen molar-refractivity contribution in [2.75, 3.05) is 5.33 Å². The number of hydrogen-bond donors (Lipinski definition) is 0. The molecule has 0 aliphatic rings. The fraction of sp³-hybridized carbons (Fsp3) is 0.200. The largest absolute Gasteiger partial charge is 0.207 e. The topological polar surface area (TPSA) is 0 Å². The molecule has 2 aromatic rings. The molecule has 0 radical (unpaired) electrons. The van der Waals surface area contributed by atoms with Crippen LogP contribution >= 0.6 is 27.5 Å². The van der Waals surface area contributed by atoms with Crippen LogP contribution in [0.2, 0.25) is 5.02 Å². The lowest BCUT2D eigenvalue weighted by Crippen LogP contribution is -2.06. The molecule has 0 bridgehead atoms. The van der Waals surface area contributed by atoms with Crippen LogP contribution in [0.5, 0.6) is 0 Å². The molecule has 0 fully saturated rings. The molecular weight excluding hydrogens is 334 g/mol. The Bertz CT molecular complexity index is 572. The molecule has 0 heterocycles. The minimum absolute atomic E-state index is 0.0509. The van der Waals surface area contributed by atoms with Crippen LogP contribution < -0.4 is 0 Å². The van der Waals surface area contributed by atoms with Gasteiger partial charge in [0.2, 0.25) is 0 Å². The summed E-state index contributed by atoms with van der Waals surface area (Å²) in [6.07, 6.45) is 0.426. The van der Waals surface area contributed by atoms with E-state index in [1.807, 2.05) is 18.2 Å². The average Bonchev–Trinajstić information content (AvgIpc) is 2.39. The molecule has 0 aliphatic carbocycles. The monoisotopic (exact) mass is 344 g/mol. The van der Waals surface area contributed by atoms with Crippen LogP contribution in [0.4, 0.5) is 8.78 Å². The standard InChI is InChI=1S/C15H12BrClF2/c16-9-12(10-2-1-3-13(17)7-10)6-11-8-14(18)4-5-15(11)19/h1-5,7-8,12H,6,9H2. The number of hydrogen-bond acceptors (Lipinski definition) is 0. The first-order chi connectivity index (χ1) is 9.10. The van der Waals surface area contributed by atoms with E-state index in [0.717, 1.165) is 17.7 Å². The fourth-order valence-corrected chi connectivity index (χ4v) is 2.79. The zero-order chi connectivity index (χ0) is 13.8. The highest BCUT2D eigenvalue weighted by molar-refractivity contribution is 9.09. The summed E-state index contributed by atoms with van der Waals surface area (Å²) in [6.45, 7) is 0. The van der Waals surface area contributed by atoms with Gasteiger partial charge in [0.05, 0.1) is 0 Å². The quantitative estimate of drug-likeness (QED) is 0.656. The maximum absolute atomic E-state index is 13.7. The molecule has 2 rings (SSSR count). The molecule has 0 amide bonds. The van der Waals surface area contributed by atoms with Gasteiger partial charge < -0.3 is 0 Å². The maximum Gasteiger partial charge on any atom is 0.126 e. The number of alkyl halides is 1. The van der Waals surface area contributed by atoms with Gasteiger partial charge in [-0.25, -0.2) is 8.78 Å². The third-order valence-electron chi connectivity index (χ3n) is 2.98. The first kappa shape index (κ1) is 14.5. The zero-order valence-electron chi connectivity index (χ0n) is 10.0. The summed E-state index contributed by atoms with van der Waals surface area (Å²) in [5.41, 5.74) is 1.39. The van der Waals surface area contributed by atoms with Crippen molar-refractivity contribution in [3.8, 4) is 0 Å². The summed E-state index contributed by atoms with van der Waals surface area (Å²) < 4.78 is 26.8. The third-order valence-corrected chi connectivity index (χ3v) is 4.00. The number of halogens is 4. The van der Waals surface area contributed by atoms with E-state index in [-0.39, 0.29) is 11.7 Å². The summed E-state index contributed by atoms with van der Waals surface area (Å²) in [7, 11) is 0. The van der Waals surface area contributed by atoms with Crippen molar-refractivity contribution in [1.82, 2.24) is 0 Å². The van der Waals surface area contributed by atoms with Crippen molar-refractivity contribution in [1.29, 1.82) is 0 Å². The van der Waals surface area contributed by atoms with E-state index in [1.165, 1.54) is 6.07 Å². The van der Waals surface area contributed by atoms with Crippen LogP contribution in [0.25, 0.3) is 0 Å². The summed E-state index contributed by atoms with van der Waals surface area (Å²) in [4.78, 5) is 0. The van der Waals surface area contributed by atoms with Gasteiger partial charge in [-0.15, -0.1) is 0 Å². The van der Waals surface area contributed by atoms with Crippen molar-refractivity contribution >= 4 is 27.5 Å². The van der Waals surface area contributed by atoms with Gasteiger partial charge in [0.25, 0.3) is 0 Å². The summed E-state index contributed by atoms with van der Waals surface area (Å²) in [6, 6.07) is 11.0. The van der Waals surface area contributed by atoms with Crippen LogP contribution in [0.1, 0.15) is 17.0 Å². The molecule has 1 unspecified atom stereocenters. The summed E-state index contributed by atoms with van der Waals surface area (Å²) in [5.74, 6) is -0.750. The Hall–Kier alpha value is -0.930. The number of benzene rings is 2. The SMILES string of the molecule is Fc1ccc(F)c(CC(CBr)c2cccc(Cl)c2)c1. The summed E-state index contributed by atoms with van der Waals surface area (Å²) >= 11 is 9.37. The molecule has 19 heavy (non-hydrogen) atoms. The second-order valence-electron chi connectivity index (χ2n) is 4.35. The van der Waals surface area contributed by atoms with E-state index in [1.54, 1.807) is 6.07 Å². The lowest BCUT2D eigenvalue weighted by atomic mass is 9.93. The zero-order valence-corrected chi connectivity index (χ0v) is 12.4. The van der Waals surface area contributed by atoms with Gasteiger partial charge in [-0.1, -0.05) is 39.7 Å². The second-order valence-corrected chi connectivity index (χ2v) is 5.43. The van der Waals surface area contributed by atoms with E-state index >= 15 is 0 Å². The van der Waals surface area contributed by atoms with Crippen LogP contribution in [0, 0.1) is 11.6 Å². The van der Waals surface area contributed by atoms with Crippen molar-refractivity contribution < 1.29 is 8.78 Å². The van der Waals surface area contributed by atoms with Crippen LogP contribution in [-0.2, 0) is 6.42 Å². The lowest BCUT2D eigenvalue weighted by Gasteiger charge is -2.15.